The number of unbranched alkanes of at least 4 members (excludes halogenated alkanes) is 8. The Bertz CT molecular complexity index is 908. The summed E-state index contributed by atoms with van der Waals surface area (Å²) in [5.74, 6) is -2.25. The normalized spacial score (nSPS) is 34.0. The Morgan fingerprint density at radius 1 is 0.638 bits per heavy atom. The lowest BCUT2D eigenvalue weighted by Gasteiger charge is -2.42. The average Bonchev–Trinajstić information content (AvgIpc) is 3.07. The van der Waals surface area contributed by atoms with E-state index in [4.69, 9.17) is 18.9 Å². The number of Topliss-reactive ketones (excluding diaryl/α,β-unsaturated/α-hetero) is 2. The first-order valence-corrected chi connectivity index (χ1v) is 16.3. The molecule has 2 saturated heterocycles. The minimum atomic E-state index is -2.33. The molecule has 0 aliphatic carbocycles. The molecule has 0 aromatic heterocycles. The van der Waals surface area contributed by atoms with Crippen LogP contribution in [0.15, 0.2) is 0 Å². The minimum Gasteiger partial charge on any atom is -0.394 e. The van der Waals surface area contributed by atoms with Crippen molar-refractivity contribution in [2.45, 2.75) is 157 Å². The second kappa shape index (κ2) is 21.1. The van der Waals surface area contributed by atoms with Crippen LogP contribution in [-0.4, -0.2) is 173 Å². The third-order valence-corrected chi connectivity index (χ3v) is 8.49. The molecule has 47 heavy (non-hydrogen) atoms. The summed E-state index contributed by atoms with van der Waals surface area (Å²) in [5, 5.41) is 111. The molecule has 0 spiro atoms. The largest absolute Gasteiger partial charge is 0.394 e. The standard InChI is InChI=1S/C30H54O17/c1-2-3-4-5-6-7-8-9-10-11-15(32)19(34)23(38)24(39)20(35)16(33)13-44-29-28(43)26(41)22(37)18(47-29)14-45-30-27(42)25(40)21(36)17(12-31)46-30/h16-18,20-31,33,35-43H,2-14H2,1H3/t16-,17-,18-,20-,21-,22-,23+,24+,25+,26+,27-,28-,29+,30+/m1/s1. The maximum absolute atomic E-state index is 12.3. The fraction of sp³-hybridized carbons (Fsp3) is 0.933. The number of carbonyl (C=O) groups excluding carboxylic acids is 2. The van der Waals surface area contributed by atoms with E-state index in [0.29, 0.717) is 12.8 Å². The van der Waals surface area contributed by atoms with Crippen LogP contribution in [0.3, 0.4) is 0 Å². The molecule has 0 saturated carbocycles. The fourth-order valence-corrected chi connectivity index (χ4v) is 5.33. The first-order chi connectivity index (χ1) is 22.3. The van der Waals surface area contributed by atoms with E-state index in [1.165, 1.54) is 12.8 Å². The molecule has 0 aromatic rings. The van der Waals surface area contributed by atoms with Gasteiger partial charge in [-0.3, -0.25) is 9.59 Å². The van der Waals surface area contributed by atoms with Gasteiger partial charge in [0.1, 0.15) is 73.2 Å². The number of hydrogen-bond acceptors (Lipinski definition) is 17. The number of rotatable bonds is 22. The highest BCUT2D eigenvalue weighted by Gasteiger charge is 2.48. The van der Waals surface area contributed by atoms with E-state index in [1.807, 2.05) is 0 Å². The maximum atomic E-state index is 12.3. The Hall–Kier alpha value is -1.26. The number of aliphatic hydroxyl groups is 11. The number of ether oxygens (including phenoxy) is 4. The van der Waals surface area contributed by atoms with Gasteiger partial charge in [0.25, 0.3) is 0 Å². The minimum absolute atomic E-state index is 0.146. The zero-order valence-electron chi connectivity index (χ0n) is 26.6. The second-order valence-corrected chi connectivity index (χ2v) is 12.2. The van der Waals surface area contributed by atoms with Gasteiger partial charge in [0.15, 0.2) is 12.6 Å². The van der Waals surface area contributed by atoms with E-state index in [-0.39, 0.29) is 6.42 Å². The molecule has 2 aliphatic heterocycles. The van der Waals surface area contributed by atoms with E-state index in [1.54, 1.807) is 0 Å². The molecule has 17 heteroatoms. The van der Waals surface area contributed by atoms with E-state index in [9.17, 15) is 65.8 Å². The number of ketones is 2. The maximum Gasteiger partial charge on any atom is 0.229 e. The molecule has 0 bridgehead atoms. The van der Waals surface area contributed by atoms with Gasteiger partial charge < -0.3 is 75.1 Å². The Kier molecular flexibility index (Phi) is 18.8. The zero-order chi connectivity index (χ0) is 35.3. The van der Waals surface area contributed by atoms with Crippen LogP contribution in [0.1, 0.15) is 71.1 Å². The van der Waals surface area contributed by atoms with Crippen LogP contribution in [0.25, 0.3) is 0 Å². The van der Waals surface area contributed by atoms with Crippen LogP contribution in [0, 0.1) is 0 Å². The molecule has 0 amide bonds. The predicted molar refractivity (Wildman–Crippen MR) is 158 cm³/mol. The SMILES string of the molecule is CCCCCCCCCCCC(=O)C(=O)[C@H](O)[C@@H](O)[C@H](O)[C@H](O)CO[C@H]1O[C@H](CO[C@H]2O[C@H](CO)[C@@H](O)[C@H](O)[C@H]2O)[C@@H](O)[C@H](O)[C@H]1O. The van der Waals surface area contributed by atoms with E-state index in [2.05, 4.69) is 6.92 Å². The topological polar surface area (TPSA) is 294 Å². The van der Waals surface area contributed by atoms with Gasteiger partial charge in [0.05, 0.1) is 19.8 Å². The van der Waals surface area contributed by atoms with Crippen LogP contribution >= 0.6 is 0 Å². The Balaban J connectivity index is 1.81. The molecule has 276 valence electrons. The molecular weight excluding hydrogens is 632 g/mol. The zero-order valence-corrected chi connectivity index (χ0v) is 26.6. The van der Waals surface area contributed by atoms with Gasteiger partial charge in [0, 0.05) is 6.42 Å². The van der Waals surface area contributed by atoms with Crippen LogP contribution < -0.4 is 0 Å². The molecule has 0 radical (unpaired) electrons. The van der Waals surface area contributed by atoms with Gasteiger partial charge in [-0.15, -0.1) is 0 Å². The molecule has 2 fully saturated rings. The highest BCUT2D eigenvalue weighted by atomic mass is 16.7. The molecule has 2 rings (SSSR count). The molecule has 2 aliphatic rings. The first-order valence-electron chi connectivity index (χ1n) is 16.3. The van der Waals surface area contributed by atoms with Gasteiger partial charge >= 0.3 is 0 Å². The third-order valence-electron chi connectivity index (χ3n) is 8.49. The third kappa shape index (κ3) is 12.2. The highest BCUT2D eigenvalue weighted by molar-refractivity contribution is 6.38. The van der Waals surface area contributed by atoms with Crippen molar-refractivity contribution in [1.29, 1.82) is 0 Å². The van der Waals surface area contributed by atoms with Gasteiger partial charge in [-0.25, -0.2) is 0 Å². The summed E-state index contributed by atoms with van der Waals surface area (Å²) in [6, 6.07) is 0. The van der Waals surface area contributed by atoms with Crippen molar-refractivity contribution in [1.82, 2.24) is 0 Å². The average molecular weight is 687 g/mol. The summed E-state index contributed by atoms with van der Waals surface area (Å²) >= 11 is 0. The fourth-order valence-electron chi connectivity index (χ4n) is 5.33. The molecule has 11 N–H and O–H groups in total. The number of aliphatic hydroxyl groups excluding tert-OH is 11. The van der Waals surface area contributed by atoms with Gasteiger partial charge in [-0.2, -0.15) is 0 Å². The number of carbonyl (C=O) groups is 2. The second-order valence-electron chi connectivity index (χ2n) is 12.2. The van der Waals surface area contributed by atoms with Crippen molar-refractivity contribution in [2.24, 2.45) is 0 Å². The number of hydrogen-bond donors (Lipinski definition) is 11. The molecule has 0 unspecified atom stereocenters. The Labute approximate surface area is 273 Å². The van der Waals surface area contributed by atoms with Crippen LogP contribution in [-0.2, 0) is 28.5 Å². The summed E-state index contributed by atoms with van der Waals surface area (Å²) in [4.78, 5) is 24.6. The van der Waals surface area contributed by atoms with Crippen LogP contribution in [0.5, 0.6) is 0 Å². The first kappa shape index (κ1) is 41.9. The van der Waals surface area contributed by atoms with E-state index >= 15 is 0 Å². The van der Waals surface area contributed by atoms with E-state index < -0.39 is 117 Å². The summed E-state index contributed by atoms with van der Waals surface area (Å²) in [5.41, 5.74) is 0. The van der Waals surface area contributed by atoms with Crippen LogP contribution in [0.4, 0.5) is 0 Å². The van der Waals surface area contributed by atoms with Crippen molar-refractivity contribution < 1.29 is 84.7 Å². The monoisotopic (exact) mass is 686 g/mol. The van der Waals surface area contributed by atoms with E-state index in [0.717, 1.165) is 32.1 Å². The van der Waals surface area contributed by atoms with Crippen molar-refractivity contribution >= 4 is 11.6 Å². The lowest BCUT2D eigenvalue weighted by molar-refractivity contribution is -0.333. The molecule has 17 nitrogen and oxygen atoms in total. The summed E-state index contributed by atoms with van der Waals surface area (Å²) in [7, 11) is 0. The molecule has 14 atom stereocenters. The van der Waals surface area contributed by atoms with Crippen molar-refractivity contribution in [3.8, 4) is 0 Å². The van der Waals surface area contributed by atoms with Gasteiger partial charge in [-0.1, -0.05) is 58.3 Å². The highest BCUT2D eigenvalue weighted by Crippen LogP contribution is 2.26. The molecule has 2 heterocycles. The van der Waals surface area contributed by atoms with Crippen molar-refractivity contribution in [3.05, 3.63) is 0 Å². The Morgan fingerprint density at radius 2 is 1.13 bits per heavy atom. The lowest BCUT2D eigenvalue weighted by Crippen LogP contribution is -2.62. The van der Waals surface area contributed by atoms with Crippen molar-refractivity contribution in [3.63, 3.8) is 0 Å². The summed E-state index contributed by atoms with van der Waals surface area (Å²) < 4.78 is 21.1. The van der Waals surface area contributed by atoms with Gasteiger partial charge in [-0.05, 0) is 6.42 Å². The summed E-state index contributed by atoms with van der Waals surface area (Å²) in [6.07, 6.45) is -17.0. The smallest absolute Gasteiger partial charge is 0.229 e. The van der Waals surface area contributed by atoms with Crippen LogP contribution in [0.2, 0.25) is 0 Å². The van der Waals surface area contributed by atoms with Gasteiger partial charge in [0.2, 0.25) is 11.6 Å². The quantitative estimate of drug-likeness (QED) is 0.0383. The lowest BCUT2D eigenvalue weighted by atomic mass is 9.96. The molecule has 0 aromatic carbocycles. The molecular formula is C30H54O17. The Morgan fingerprint density at radius 3 is 1.68 bits per heavy atom. The summed E-state index contributed by atoms with van der Waals surface area (Å²) in [6.45, 7) is -0.117. The predicted octanol–water partition coefficient (Wildman–Crippen LogP) is -3.87. The van der Waals surface area contributed by atoms with Crippen molar-refractivity contribution in [2.75, 3.05) is 19.8 Å².